The first-order chi connectivity index (χ1) is 9.08. The SMILES string of the molecule is Cc1nn(CC(=O)OCCn2cccn2)c(C)c1N. The molecule has 0 radical (unpaired) electrons. The minimum atomic E-state index is -0.335. The first kappa shape index (κ1) is 13.1. The summed E-state index contributed by atoms with van der Waals surface area (Å²) in [6, 6.07) is 1.82. The lowest BCUT2D eigenvalue weighted by Crippen LogP contribution is -2.18. The molecule has 0 aliphatic heterocycles. The number of nitrogens with zero attached hydrogens (tertiary/aromatic N) is 4. The Morgan fingerprint density at radius 2 is 2.26 bits per heavy atom. The summed E-state index contributed by atoms with van der Waals surface area (Å²) in [4.78, 5) is 11.7. The van der Waals surface area contributed by atoms with Crippen molar-refractivity contribution in [1.82, 2.24) is 19.6 Å². The standard InChI is InChI=1S/C12H17N5O2/c1-9-12(13)10(2)17(15-9)8-11(18)19-7-6-16-5-3-4-14-16/h3-5H,6-8,13H2,1-2H3. The fraction of sp³-hybridized carbons (Fsp3) is 0.417. The van der Waals surface area contributed by atoms with Gasteiger partial charge < -0.3 is 10.5 Å². The zero-order chi connectivity index (χ0) is 13.8. The number of ether oxygens (including phenoxy) is 1. The first-order valence-corrected chi connectivity index (χ1v) is 6.00. The maximum Gasteiger partial charge on any atom is 0.327 e. The van der Waals surface area contributed by atoms with Crippen molar-refractivity contribution in [2.24, 2.45) is 0 Å². The Morgan fingerprint density at radius 3 is 2.84 bits per heavy atom. The summed E-state index contributed by atoms with van der Waals surface area (Å²) in [6.07, 6.45) is 3.50. The highest BCUT2D eigenvalue weighted by Crippen LogP contribution is 2.14. The lowest BCUT2D eigenvalue weighted by Gasteiger charge is -2.06. The third kappa shape index (κ3) is 3.12. The molecule has 2 heterocycles. The third-order valence-corrected chi connectivity index (χ3v) is 2.86. The zero-order valence-corrected chi connectivity index (χ0v) is 11.0. The molecule has 0 fully saturated rings. The lowest BCUT2D eigenvalue weighted by atomic mass is 10.3. The Labute approximate surface area is 111 Å². The van der Waals surface area contributed by atoms with Gasteiger partial charge in [-0.05, 0) is 19.9 Å². The molecule has 0 atom stereocenters. The van der Waals surface area contributed by atoms with Gasteiger partial charge in [0.1, 0.15) is 13.2 Å². The van der Waals surface area contributed by atoms with Crippen LogP contribution in [0, 0.1) is 13.8 Å². The molecular weight excluding hydrogens is 246 g/mol. The van der Waals surface area contributed by atoms with Crippen molar-refractivity contribution in [3.05, 3.63) is 29.8 Å². The normalized spacial score (nSPS) is 10.6. The average molecular weight is 263 g/mol. The quantitative estimate of drug-likeness (QED) is 0.795. The number of esters is 1. The van der Waals surface area contributed by atoms with Crippen molar-refractivity contribution in [2.75, 3.05) is 12.3 Å². The molecule has 0 aromatic carbocycles. The highest BCUT2D eigenvalue weighted by atomic mass is 16.5. The Bertz CT molecular complexity index is 559. The minimum absolute atomic E-state index is 0.0724. The van der Waals surface area contributed by atoms with Crippen LogP contribution in [-0.2, 0) is 22.6 Å². The molecule has 2 N–H and O–H groups in total. The predicted molar refractivity (Wildman–Crippen MR) is 69.3 cm³/mol. The Balaban J connectivity index is 1.82. The van der Waals surface area contributed by atoms with Crippen molar-refractivity contribution in [2.45, 2.75) is 26.9 Å². The minimum Gasteiger partial charge on any atom is -0.462 e. The van der Waals surface area contributed by atoms with Gasteiger partial charge in [-0.1, -0.05) is 0 Å². The number of carbonyl (C=O) groups excluding carboxylic acids is 1. The summed E-state index contributed by atoms with van der Waals surface area (Å²) in [5.74, 6) is -0.335. The van der Waals surface area contributed by atoms with Gasteiger partial charge in [-0.2, -0.15) is 10.2 Å². The smallest absolute Gasteiger partial charge is 0.327 e. The van der Waals surface area contributed by atoms with E-state index < -0.39 is 0 Å². The second-order valence-electron chi connectivity index (χ2n) is 4.23. The molecule has 0 aliphatic carbocycles. The zero-order valence-electron chi connectivity index (χ0n) is 11.0. The molecule has 2 aromatic rings. The van der Waals surface area contributed by atoms with E-state index in [0.29, 0.717) is 12.2 Å². The second-order valence-corrected chi connectivity index (χ2v) is 4.23. The molecule has 0 saturated carbocycles. The van der Waals surface area contributed by atoms with Crippen LogP contribution < -0.4 is 5.73 Å². The van der Waals surface area contributed by atoms with E-state index in [-0.39, 0.29) is 19.1 Å². The van der Waals surface area contributed by atoms with Gasteiger partial charge in [-0.25, -0.2) is 0 Å². The summed E-state index contributed by atoms with van der Waals surface area (Å²) in [5, 5.41) is 8.20. The topological polar surface area (TPSA) is 88.0 Å². The van der Waals surface area contributed by atoms with E-state index in [1.165, 1.54) is 0 Å². The molecule has 0 spiro atoms. The summed E-state index contributed by atoms with van der Waals surface area (Å²) in [7, 11) is 0. The van der Waals surface area contributed by atoms with Crippen LogP contribution in [0.25, 0.3) is 0 Å². The van der Waals surface area contributed by atoms with E-state index in [4.69, 9.17) is 10.5 Å². The number of nitrogen functional groups attached to an aromatic ring is 1. The van der Waals surface area contributed by atoms with Gasteiger partial charge in [0.15, 0.2) is 0 Å². The van der Waals surface area contributed by atoms with Gasteiger partial charge in [-0.3, -0.25) is 14.2 Å². The van der Waals surface area contributed by atoms with Gasteiger partial charge in [0, 0.05) is 12.4 Å². The van der Waals surface area contributed by atoms with Crippen molar-refractivity contribution in [1.29, 1.82) is 0 Å². The molecule has 102 valence electrons. The van der Waals surface area contributed by atoms with Crippen LogP contribution in [0.5, 0.6) is 0 Å². The Hall–Kier alpha value is -2.31. The van der Waals surface area contributed by atoms with E-state index in [0.717, 1.165) is 11.4 Å². The van der Waals surface area contributed by atoms with Crippen LogP contribution >= 0.6 is 0 Å². The third-order valence-electron chi connectivity index (χ3n) is 2.86. The highest BCUT2D eigenvalue weighted by Gasteiger charge is 2.12. The molecule has 0 aliphatic rings. The largest absolute Gasteiger partial charge is 0.462 e. The van der Waals surface area contributed by atoms with Gasteiger partial charge in [0.05, 0.1) is 23.6 Å². The molecule has 0 amide bonds. The van der Waals surface area contributed by atoms with E-state index in [1.54, 1.807) is 15.6 Å². The van der Waals surface area contributed by atoms with Gasteiger partial charge >= 0.3 is 5.97 Å². The van der Waals surface area contributed by atoms with Crippen LogP contribution in [0.1, 0.15) is 11.4 Å². The monoisotopic (exact) mass is 263 g/mol. The fourth-order valence-corrected chi connectivity index (χ4v) is 1.72. The first-order valence-electron chi connectivity index (χ1n) is 6.00. The maximum atomic E-state index is 11.7. The summed E-state index contributed by atoms with van der Waals surface area (Å²) in [6.45, 7) is 4.53. The van der Waals surface area contributed by atoms with E-state index in [9.17, 15) is 4.79 Å². The molecule has 7 nitrogen and oxygen atoms in total. The van der Waals surface area contributed by atoms with Crippen LogP contribution in [0.3, 0.4) is 0 Å². The van der Waals surface area contributed by atoms with Crippen LogP contribution in [-0.4, -0.2) is 32.1 Å². The van der Waals surface area contributed by atoms with Crippen LogP contribution in [0.15, 0.2) is 18.5 Å². The number of rotatable bonds is 5. The van der Waals surface area contributed by atoms with Gasteiger partial charge in [-0.15, -0.1) is 0 Å². The molecule has 0 saturated heterocycles. The van der Waals surface area contributed by atoms with Gasteiger partial charge in [0.25, 0.3) is 0 Å². The summed E-state index contributed by atoms with van der Waals surface area (Å²) >= 11 is 0. The molecule has 0 bridgehead atoms. The summed E-state index contributed by atoms with van der Waals surface area (Å²) in [5.41, 5.74) is 7.91. The maximum absolute atomic E-state index is 11.7. The number of hydrogen-bond donors (Lipinski definition) is 1. The van der Waals surface area contributed by atoms with Crippen molar-refractivity contribution < 1.29 is 9.53 Å². The number of anilines is 1. The summed E-state index contributed by atoms with van der Waals surface area (Å²) < 4.78 is 8.38. The lowest BCUT2D eigenvalue weighted by molar-refractivity contribution is -0.144. The van der Waals surface area contributed by atoms with Crippen molar-refractivity contribution >= 4 is 11.7 Å². The van der Waals surface area contributed by atoms with Crippen molar-refractivity contribution in [3.63, 3.8) is 0 Å². The average Bonchev–Trinajstić information content (AvgIpc) is 2.96. The Kier molecular flexibility index (Phi) is 3.84. The number of hydrogen-bond acceptors (Lipinski definition) is 5. The van der Waals surface area contributed by atoms with E-state index >= 15 is 0 Å². The Morgan fingerprint density at radius 1 is 1.47 bits per heavy atom. The number of carbonyl (C=O) groups is 1. The van der Waals surface area contributed by atoms with Crippen LogP contribution in [0.4, 0.5) is 5.69 Å². The van der Waals surface area contributed by atoms with E-state index in [1.807, 2.05) is 26.1 Å². The van der Waals surface area contributed by atoms with Gasteiger partial charge in [0.2, 0.25) is 0 Å². The van der Waals surface area contributed by atoms with Crippen LogP contribution in [0.2, 0.25) is 0 Å². The molecular formula is C12H17N5O2. The second kappa shape index (κ2) is 5.55. The number of aromatic nitrogens is 4. The fourth-order valence-electron chi connectivity index (χ4n) is 1.72. The predicted octanol–water partition coefficient (Wildman–Crippen LogP) is 0.522. The molecule has 7 heteroatoms. The molecule has 19 heavy (non-hydrogen) atoms. The van der Waals surface area contributed by atoms with E-state index in [2.05, 4.69) is 10.2 Å². The molecule has 0 unspecified atom stereocenters. The number of aryl methyl sites for hydroxylation is 1. The molecule has 2 aromatic heterocycles. The highest BCUT2D eigenvalue weighted by molar-refractivity contribution is 5.69. The number of nitrogens with two attached hydrogens (primary N) is 1. The molecule has 2 rings (SSSR count). The van der Waals surface area contributed by atoms with Crippen molar-refractivity contribution in [3.8, 4) is 0 Å².